The van der Waals surface area contributed by atoms with Crippen LogP contribution in [0.4, 0.5) is 0 Å². The summed E-state index contributed by atoms with van der Waals surface area (Å²) < 4.78 is 0. The summed E-state index contributed by atoms with van der Waals surface area (Å²) in [6, 6.07) is 0. The monoisotopic (exact) mass is 316 g/mol. The Labute approximate surface area is 137 Å². The lowest BCUT2D eigenvalue weighted by Crippen LogP contribution is -1.98. The van der Waals surface area contributed by atoms with Gasteiger partial charge in [-0.2, -0.15) is 12.6 Å². The highest BCUT2D eigenvalue weighted by molar-refractivity contribution is 7.80. The number of hydrogen-bond donors (Lipinski definition) is 2. The van der Waals surface area contributed by atoms with E-state index in [2.05, 4.69) is 19.6 Å². The van der Waals surface area contributed by atoms with Gasteiger partial charge in [-0.3, -0.25) is 4.79 Å². The fraction of sp³-hybridized carbons (Fsp3) is 0.944. The Morgan fingerprint density at radius 1 is 0.810 bits per heavy atom. The van der Waals surface area contributed by atoms with E-state index in [0.717, 1.165) is 12.8 Å². The van der Waals surface area contributed by atoms with Gasteiger partial charge in [0, 0.05) is 11.7 Å². The molecule has 1 unspecified atom stereocenters. The molecule has 0 radical (unpaired) electrons. The van der Waals surface area contributed by atoms with E-state index in [1.807, 2.05) is 0 Å². The van der Waals surface area contributed by atoms with Gasteiger partial charge in [0.05, 0.1) is 0 Å². The van der Waals surface area contributed by atoms with Crippen molar-refractivity contribution >= 4 is 18.6 Å². The summed E-state index contributed by atoms with van der Waals surface area (Å²) in [7, 11) is 0. The Morgan fingerprint density at radius 3 is 1.71 bits per heavy atom. The SMILES string of the molecule is CCCCCCC(S)CCCCCCCCCCC(=O)O. The van der Waals surface area contributed by atoms with Gasteiger partial charge in [0.2, 0.25) is 0 Å². The van der Waals surface area contributed by atoms with Gasteiger partial charge in [-0.05, 0) is 19.3 Å². The van der Waals surface area contributed by atoms with Crippen molar-refractivity contribution in [1.29, 1.82) is 0 Å². The number of carboxylic acid groups (broad SMARTS) is 1. The third-order valence-corrected chi connectivity index (χ3v) is 4.59. The van der Waals surface area contributed by atoms with E-state index < -0.39 is 5.97 Å². The molecule has 0 spiro atoms. The molecule has 21 heavy (non-hydrogen) atoms. The molecule has 1 N–H and O–H groups in total. The number of rotatable bonds is 16. The highest BCUT2D eigenvalue weighted by Crippen LogP contribution is 2.17. The standard InChI is InChI=1S/C18H36O2S/c1-2-3-4-11-14-17(21)15-12-9-7-5-6-8-10-13-16-18(19)20/h17,21H,2-16H2,1H3,(H,19,20). The number of carbonyl (C=O) groups is 1. The number of carboxylic acids is 1. The minimum atomic E-state index is -0.661. The molecule has 0 heterocycles. The summed E-state index contributed by atoms with van der Waals surface area (Å²) in [6.07, 6.45) is 18.0. The zero-order chi connectivity index (χ0) is 15.8. The van der Waals surface area contributed by atoms with Gasteiger partial charge in [-0.15, -0.1) is 0 Å². The fourth-order valence-electron chi connectivity index (χ4n) is 2.67. The van der Waals surface area contributed by atoms with E-state index in [1.165, 1.54) is 77.0 Å². The molecule has 1 atom stereocenters. The molecule has 0 aliphatic heterocycles. The van der Waals surface area contributed by atoms with Crippen LogP contribution in [0.15, 0.2) is 0 Å². The van der Waals surface area contributed by atoms with Gasteiger partial charge in [0.1, 0.15) is 0 Å². The topological polar surface area (TPSA) is 37.3 Å². The Kier molecular flexibility index (Phi) is 16.1. The average molecular weight is 317 g/mol. The van der Waals surface area contributed by atoms with Crippen molar-refractivity contribution in [1.82, 2.24) is 0 Å². The molecule has 0 aromatic carbocycles. The molecule has 0 aliphatic carbocycles. The van der Waals surface area contributed by atoms with Crippen LogP contribution < -0.4 is 0 Å². The Bertz CT molecular complexity index is 231. The molecule has 0 saturated carbocycles. The van der Waals surface area contributed by atoms with Gasteiger partial charge in [-0.25, -0.2) is 0 Å². The Morgan fingerprint density at radius 2 is 1.24 bits per heavy atom. The number of unbranched alkanes of at least 4 members (excludes halogenated alkanes) is 10. The molecule has 3 heteroatoms. The molecular weight excluding hydrogens is 280 g/mol. The second-order valence-electron chi connectivity index (χ2n) is 6.26. The minimum Gasteiger partial charge on any atom is -0.481 e. The largest absolute Gasteiger partial charge is 0.481 e. The predicted octanol–water partition coefficient (Wildman–Crippen LogP) is 6.24. The first-order chi connectivity index (χ1) is 10.2. The van der Waals surface area contributed by atoms with Crippen LogP contribution in [0.5, 0.6) is 0 Å². The summed E-state index contributed by atoms with van der Waals surface area (Å²) in [4.78, 5) is 10.4. The first-order valence-electron chi connectivity index (χ1n) is 9.06. The summed E-state index contributed by atoms with van der Waals surface area (Å²) >= 11 is 4.68. The van der Waals surface area contributed by atoms with Crippen LogP contribution in [0.25, 0.3) is 0 Å². The molecule has 0 amide bonds. The van der Waals surface area contributed by atoms with E-state index in [0.29, 0.717) is 11.7 Å². The van der Waals surface area contributed by atoms with Crippen molar-refractivity contribution in [3.05, 3.63) is 0 Å². The lowest BCUT2D eigenvalue weighted by Gasteiger charge is -2.10. The van der Waals surface area contributed by atoms with Gasteiger partial charge >= 0.3 is 5.97 Å². The highest BCUT2D eigenvalue weighted by atomic mass is 32.1. The third-order valence-electron chi connectivity index (χ3n) is 4.07. The minimum absolute atomic E-state index is 0.335. The maximum absolute atomic E-state index is 10.4. The molecule has 0 rings (SSSR count). The molecule has 0 aromatic heterocycles. The predicted molar refractivity (Wildman–Crippen MR) is 95.3 cm³/mol. The summed E-state index contributed by atoms with van der Waals surface area (Å²) in [5.74, 6) is -0.661. The second kappa shape index (κ2) is 16.2. The zero-order valence-electron chi connectivity index (χ0n) is 14.0. The second-order valence-corrected chi connectivity index (χ2v) is 6.99. The average Bonchev–Trinajstić information content (AvgIpc) is 2.45. The van der Waals surface area contributed by atoms with Crippen LogP contribution in [-0.4, -0.2) is 16.3 Å². The molecular formula is C18H36O2S. The van der Waals surface area contributed by atoms with Crippen molar-refractivity contribution in [2.75, 3.05) is 0 Å². The van der Waals surface area contributed by atoms with Gasteiger partial charge in [0.25, 0.3) is 0 Å². The van der Waals surface area contributed by atoms with Crippen LogP contribution >= 0.6 is 12.6 Å². The lowest BCUT2D eigenvalue weighted by molar-refractivity contribution is -0.137. The van der Waals surface area contributed by atoms with Crippen LogP contribution in [0.3, 0.4) is 0 Å². The van der Waals surface area contributed by atoms with Crippen molar-refractivity contribution in [3.63, 3.8) is 0 Å². The van der Waals surface area contributed by atoms with E-state index >= 15 is 0 Å². The molecule has 0 saturated heterocycles. The highest BCUT2D eigenvalue weighted by Gasteiger charge is 2.02. The van der Waals surface area contributed by atoms with E-state index in [-0.39, 0.29) is 0 Å². The maximum atomic E-state index is 10.4. The van der Waals surface area contributed by atoms with Crippen LogP contribution in [0.1, 0.15) is 103 Å². The Hall–Kier alpha value is -0.180. The number of hydrogen-bond acceptors (Lipinski definition) is 2. The number of thiol groups is 1. The lowest BCUT2D eigenvalue weighted by atomic mass is 10.0. The van der Waals surface area contributed by atoms with E-state index in [4.69, 9.17) is 5.11 Å². The van der Waals surface area contributed by atoms with Crippen LogP contribution in [-0.2, 0) is 4.79 Å². The van der Waals surface area contributed by atoms with Crippen molar-refractivity contribution in [2.45, 2.75) is 108 Å². The van der Waals surface area contributed by atoms with E-state index in [1.54, 1.807) is 0 Å². The van der Waals surface area contributed by atoms with Crippen molar-refractivity contribution in [3.8, 4) is 0 Å². The summed E-state index contributed by atoms with van der Waals surface area (Å²) in [5.41, 5.74) is 0. The van der Waals surface area contributed by atoms with E-state index in [9.17, 15) is 4.79 Å². The molecule has 0 bridgehead atoms. The smallest absolute Gasteiger partial charge is 0.303 e. The molecule has 0 fully saturated rings. The molecule has 0 aromatic rings. The first-order valence-corrected chi connectivity index (χ1v) is 9.58. The first kappa shape index (κ1) is 20.8. The van der Waals surface area contributed by atoms with Gasteiger partial charge in [0.15, 0.2) is 0 Å². The Balaban J connectivity index is 3.12. The normalized spacial score (nSPS) is 12.5. The van der Waals surface area contributed by atoms with Crippen LogP contribution in [0, 0.1) is 0 Å². The van der Waals surface area contributed by atoms with Crippen molar-refractivity contribution in [2.24, 2.45) is 0 Å². The van der Waals surface area contributed by atoms with Crippen LogP contribution in [0.2, 0.25) is 0 Å². The molecule has 0 aliphatic rings. The van der Waals surface area contributed by atoms with Crippen molar-refractivity contribution < 1.29 is 9.90 Å². The third kappa shape index (κ3) is 17.8. The fourth-order valence-corrected chi connectivity index (χ4v) is 3.03. The number of aliphatic carboxylic acids is 1. The quantitative estimate of drug-likeness (QED) is 0.261. The zero-order valence-corrected chi connectivity index (χ0v) is 14.9. The summed E-state index contributed by atoms with van der Waals surface area (Å²) in [6.45, 7) is 2.25. The molecule has 126 valence electrons. The van der Waals surface area contributed by atoms with Gasteiger partial charge in [-0.1, -0.05) is 77.6 Å². The molecule has 2 nitrogen and oxygen atoms in total. The maximum Gasteiger partial charge on any atom is 0.303 e. The summed E-state index contributed by atoms with van der Waals surface area (Å²) in [5, 5.41) is 9.14. The van der Waals surface area contributed by atoms with Gasteiger partial charge < -0.3 is 5.11 Å².